The van der Waals surface area contributed by atoms with Crippen molar-refractivity contribution in [1.29, 1.82) is 0 Å². The maximum Gasteiger partial charge on any atom is 0.329 e. The van der Waals surface area contributed by atoms with Crippen molar-refractivity contribution < 1.29 is 9.84 Å². The third-order valence-corrected chi connectivity index (χ3v) is 5.60. The minimum Gasteiger partial charge on any atom is -0.491 e. The molecule has 1 atom stereocenters. The number of aryl methyl sites for hydroxylation is 1. The summed E-state index contributed by atoms with van der Waals surface area (Å²) < 4.78 is 9.26. The van der Waals surface area contributed by atoms with Gasteiger partial charge < -0.3 is 14.4 Å². The molecule has 0 unspecified atom stereocenters. The summed E-state index contributed by atoms with van der Waals surface area (Å²) >= 11 is 3.36. The average Bonchev–Trinajstić information content (AvgIpc) is 3.21. The van der Waals surface area contributed by atoms with Crippen LogP contribution in [-0.4, -0.2) is 43.1 Å². The molecule has 2 aromatic heterocycles. The number of hydrogen-bond acceptors (Lipinski definition) is 7. The lowest BCUT2D eigenvalue weighted by atomic mass is 10.2. The summed E-state index contributed by atoms with van der Waals surface area (Å²) in [5.74, 6) is 0.787. The Labute approximate surface area is 208 Å². The molecule has 0 aliphatic rings. The Morgan fingerprint density at radius 2 is 1.94 bits per heavy atom. The van der Waals surface area contributed by atoms with Crippen LogP contribution in [0.5, 0.6) is 5.75 Å². The van der Waals surface area contributed by atoms with Gasteiger partial charge in [0.05, 0.1) is 6.54 Å². The lowest BCUT2D eigenvalue weighted by molar-refractivity contribution is 0.0938. The van der Waals surface area contributed by atoms with Gasteiger partial charge in [0, 0.05) is 17.7 Å². The second kappa shape index (κ2) is 11.0. The van der Waals surface area contributed by atoms with Gasteiger partial charge in [0.2, 0.25) is 5.95 Å². The molecule has 10 nitrogen and oxygen atoms in total. The number of imidazole rings is 1. The van der Waals surface area contributed by atoms with Crippen LogP contribution < -0.4 is 21.4 Å². The van der Waals surface area contributed by atoms with E-state index in [0.29, 0.717) is 5.75 Å². The van der Waals surface area contributed by atoms with Gasteiger partial charge in [-0.1, -0.05) is 52.3 Å². The van der Waals surface area contributed by atoms with E-state index in [1.165, 1.54) is 22.4 Å². The molecule has 0 aliphatic carbocycles. The van der Waals surface area contributed by atoms with E-state index in [4.69, 9.17) is 4.74 Å². The molecule has 0 saturated heterocycles. The number of anilines is 1. The van der Waals surface area contributed by atoms with Gasteiger partial charge in [-0.05, 0) is 35.9 Å². The van der Waals surface area contributed by atoms with Crippen molar-refractivity contribution in [3.05, 3.63) is 91.5 Å². The number of fused-ring (bicyclic) bond motifs is 1. The maximum atomic E-state index is 12.6. The number of allylic oxidation sites excluding steroid dienone is 1. The first-order chi connectivity index (χ1) is 16.9. The number of aromatic amines is 1. The molecular formula is C24H23BrN6O4. The predicted octanol–water partition coefficient (Wildman–Crippen LogP) is 2.74. The van der Waals surface area contributed by atoms with Crippen molar-refractivity contribution in [2.45, 2.75) is 12.6 Å². The molecule has 0 fully saturated rings. The normalized spacial score (nSPS) is 12.5. The fraction of sp³-hybridized carbons (Fsp3) is 0.167. The van der Waals surface area contributed by atoms with Crippen molar-refractivity contribution in [3.8, 4) is 5.75 Å². The molecule has 0 spiro atoms. The number of nitrogens with zero attached hydrogens (tertiary/aromatic N) is 4. The lowest BCUT2D eigenvalue weighted by Gasteiger charge is -2.15. The molecule has 35 heavy (non-hydrogen) atoms. The van der Waals surface area contributed by atoms with Crippen molar-refractivity contribution in [2.24, 2.45) is 12.1 Å². The number of nitrogens with one attached hydrogen (secondary N) is 2. The molecule has 2 aromatic carbocycles. The quantitative estimate of drug-likeness (QED) is 0.222. The van der Waals surface area contributed by atoms with E-state index in [9.17, 15) is 14.7 Å². The zero-order valence-electron chi connectivity index (χ0n) is 18.8. The number of aliphatic hydroxyl groups excluding tert-OH is 1. The third kappa shape index (κ3) is 5.94. The van der Waals surface area contributed by atoms with Gasteiger partial charge in [0.1, 0.15) is 18.5 Å². The number of aromatic nitrogens is 4. The van der Waals surface area contributed by atoms with Crippen LogP contribution in [0.3, 0.4) is 0 Å². The molecular weight excluding hydrogens is 516 g/mol. The number of halogens is 1. The highest BCUT2D eigenvalue weighted by Crippen LogP contribution is 2.18. The van der Waals surface area contributed by atoms with E-state index in [1.54, 1.807) is 18.2 Å². The number of H-pyrrole nitrogens is 1. The Morgan fingerprint density at radius 1 is 1.20 bits per heavy atom. The van der Waals surface area contributed by atoms with Gasteiger partial charge in [-0.25, -0.2) is 10.2 Å². The van der Waals surface area contributed by atoms with Crippen molar-refractivity contribution >= 4 is 45.3 Å². The van der Waals surface area contributed by atoms with E-state index >= 15 is 0 Å². The number of rotatable bonds is 9. The molecule has 0 saturated carbocycles. The number of aliphatic hydroxyl groups is 1. The first-order valence-corrected chi connectivity index (χ1v) is 11.5. The van der Waals surface area contributed by atoms with E-state index in [-0.39, 0.29) is 30.3 Å². The highest BCUT2D eigenvalue weighted by atomic mass is 79.9. The monoisotopic (exact) mass is 538 g/mol. The van der Waals surface area contributed by atoms with Gasteiger partial charge in [0.15, 0.2) is 11.2 Å². The minimum atomic E-state index is -0.977. The Morgan fingerprint density at radius 3 is 2.69 bits per heavy atom. The summed E-state index contributed by atoms with van der Waals surface area (Å²) in [4.78, 5) is 31.3. The Kier molecular flexibility index (Phi) is 7.58. The lowest BCUT2D eigenvalue weighted by Crippen LogP contribution is -2.30. The zero-order chi connectivity index (χ0) is 24.8. The SMILES string of the molecule is Cn1c(=O)[nH]c(=O)c2c1nc(N/N=C\C=C\c1ccccc1)n2C[C@@H](O)COc1ccc(Br)cc1. The molecule has 0 amide bonds. The van der Waals surface area contributed by atoms with Gasteiger partial charge in [-0.2, -0.15) is 10.1 Å². The third-order valence-electron chi connectivity index (χ3n) is 5.07. The fourth-order valence-corrected chi connectivity index (χ4v) is 3.61. The largest absolute Gasteiger partial charge is 0.491 e. The van der Waals surface area contributed by atoms with Gasteiger partial charge in [0.25, 0.3) is 5.56 Å². The summed E-state index contributed by atoms with van der Waals surface area (Å²) in [5, 5.41) is 14.8. The van der Waals surface area contributed by atoms with E-state index < -0.39 is 17.4 Å². The molecule has 0 aliphatic heterocycles. The summed E-state index contributed by atoms with van der Waals surface area (Å²) in [6, 6.07) is 16.9. The van der Waals surface area contributed by atoms with Crippen LogP contribution in [0.15, 0.2) is 79.8 Å². The highest BCUT2D eigenvalue weighted by molar-refractivity contribution is 9.10. The smallest absolute Gasteiger partial charge is 0.329 e. The van der Waals surface area contributed by atoms with Crippen molar-refractivity contribution in [3.63, 3.8) is 0 Å². The van der Waals surface area contributed by atoms with Crippen LogP contribution in [0.25, 0.3) is 17.2 Å². The summed E-state index contributed by atoms with van der Waals surface area (Å²) in [5.41, 5.74) is 2.90. The summed E-state index contributed by atoms with van der Waals surface area (Å²) in [6.07, 6.45) is 4.19. The Bertz CT molecular complexity index is 1470. The molecule has 0 bridgehead atoms. The Hall–Kier alpha value is -3.96. The van der Waals surface area contributed by atoms with E-state index in [0.717, 1.165) is 10.0 Å². The molecule has 2 heterocycles. The standard InChI is InChI=1S/C24H23BrN6O4/c1-30-21-20(22(33)28-24(30)34)31(14-18(32)15-35-19-11-9-17(25)10-12-19)23(27-21)29-26-13-5-8-16-6-3-2-4-7-16/h2-13,18,32H,14-15H2,1H3,(H,27,29)(H,28,33,34)/b8-5+,26-13-/t18-/m1/s1. The van der Waals surface area contributed by atoms with Crippen LogP contribution in [0, 0.1) is 0 Å². The fourth-order valence-electron chi connectivity index (χ4n) is 3.34. The Balaban J connectivity index is 1.55. The maximum absolute atomic E-state index is 12.6. The average molecular weight is 539 g/mol. The summed E-state index contributed by atoms with van der Waals surface area (Å²) in [6.45, 7) is -0.0421. The van der Waals surface area contributed by atoms with Crippen molar-refractivity contribution in [1.82, 2.24) is 19.1 Å². The molecule has 4 aromatic rings. The minimum absolute atomic E-state index is 0.0203. The first-order valence-electron chi connectivity index (χ1n) is 10.7. The van der Waals surface area contributed by atoms with Crippen LogP contribution in [-0.2, 0) is 13.6 Å². The summed E-state index contributed by atoms with van der Waals surface area (Å²) in [7, 11) is 1.50. The highest BCUT2D eigenvalue weighted by Gasteiger charge is 2.19. The number of ether oxygens (including phenoxy) is 1. The number of hydrogen-bond donors (Lipinski definition) is 3. The second-order valence-corrected chi connectivity index (χ2v) is 8.53. The van der Waals surface area contributed by atoms with Crippen LogP contribution in [0.1, 0.15) is 5.56 Å². The van der Waals surface area contributed by atoms with Crippen LogP contribution in [0.2, 0.25) is 0 Å². The van der Waals surface area contributed by atoms with Crippen LogP contribution >= 0.6 is 15.9 Å². The van der Waals surface area contributed by atoms with E-state index in [1.807, 2.05) is 48.5 Å². The number of benzene rings is 2. The van der Waals surface area contributed by atoms with Gasteiger partial charge >= 0.3 is 5.69 Å². The predicted molar refractivity (Wildman–Crippen MR) is 139 cm³/mol. The molecule has 4 rings (SSSR count). The van der Waals surface area contributed by atoms with Crippen LogP contribution in [0.4, 0.5) is 5.95 Å². The first kappa shape index (κ1) is 24.2. The van der Waals surface area contributed by atoms with Gasteiger partial charge in [-0.3, -0.25) is 14.3 Å². The second-order valence-electron chi connectivity index (χ2n) is 7.62. The topological polar surface area (TPSA) is 127 Å². The zero-order valence-corrected chi connectivity index (χ0v) is 20.3. The molecule has 180 valence electrons. The number of hydrazone groups is 1. The van der Waals surface area contributed by atoms with E-state index in [2.05, 4.69) is 36.4 Å². The van der Waals surface area contributed by atoms with Crippen molar-refractivity contribution in [2.75, 3.05) is 12.0 Å². The molecule has 11 heteroatoms. The molecule has 0 radical (unpaired) electrons. The van der Waals surface area contributed by atoms with Gasteiger partial charge in [-0.15, -0.1) is 0 Å². The molecule has 3 N–H and O–H groups in total.